The summed E-state index contributed by atoms with van der Waals surface area (Å²) in [6.07, 6.45) is 0.116. The van der Waals surface area contributed by atoms with Gasteiger partial charge >= 0.3 is 0 Å². The van der Waals surface area contributed by atoms with Gasteiger partial charge in [-0.2, -0.15) is 0 Å². The fraction of sp³-hybridized carbons (Fsp3) is 0.235. The number of methoxy groups -OCH3 is 1. The molecule has 0 saturated carbocycles. The second kappa shape index (κ2) is 7.45. The molecule has 0 aliphatic carbocycles. The number of nitrogens with one attached hydrogen (secondary N) is 1. The molecule has 2 aromatic carbocycles. The Balaban J connectivity index is 1.87. The van der Waals surface area contributed by atoms with Crippen molar-refractivity contribution in [2.45, 2.75) is 13.3 Å². The number of aryl methyl sites for hydroxylation is 1. The standard InChI is InChI=1S/C17H18FNO3/c1-12-7-8-13(18)14(11-12)19-17(20)9-10-22-16-6-4-3-5-15(16)21-2/h3-8,11H,9-10H2,1-2H3,(H,19,20). The molecule has 0 heterocycles. The maximum Gasteiger partial charge on any atom is 0.227 e. The van der Waals surface area contributed by atoms with E-state index in [1.54, 1.807) is 31.4 Å². The molecule has 4 nitrogen and oxygen atoms in total. The second-order valence-corrected chi connectivity index (χ2v) is 4.78. The van der Waals surface area contributed by atoms with Crippen LogP contribution >= 0.6 is 0 Å². The van der Waals surface area contributed by atoms with Gasteiger partial charge in [-0.05, 0) is 36.8 Å². The highest BCUT2D eigenvalue weighted by atomic mass is 19.1. The van der Waals surface area contributed by atoms with Crippen molar-refractivity contribution in [1.29, 1.82) is 0 Å². The van der Waals surface area contributed by atoms with E-state index in [1.807, 2.05) is 19.1 Å². The van der Waals surface area contributed by atoms with Crippen LogP contribution in [0.15, 0.2) is 42.5 Å². The Morgan fingerprint density at radius 1 is 1.18 bits per heavy atom. The molecule has 2 aromatic rings. The third-order valence-corrected chi connectivity index (χ3v) is 3.05. The first kappa shape index (κ1) is 15.8. The molecular weight excluding hydrogens is 285 g/mol. The quantitative estimate of drug-likeness (QED) is 0.887. The summed E-state index contributed by atoms with van der Waals surface area (Å²) in [6, 6.07) is 11.8. The number of rotatable bonds is 6. The van der Waals surface area contributed by atoms with E-state index in [1.165, 1.54) is 6.07 Å². The maximum absolute atomic E-state index is 13.6. The first-order valence-electron chi connectivity index (χ1n) is 6.92. The summed E-state index contributed by atoms with van der Waals surface area (Å²) in [5, 5.41) is 2.54. The van der Waals surface area contributed by atoms with Gasteiger partial charge in [0, 0.05) is 0 Å². The Morgan fingerprint density at radius 3 is 2.64 bits per heavy atom. The van der Waals surface area contributed by atoms with Crippen molar-refractivity contribution >= 4 is 11.6 Å². The van der Waals surface area contributed by atoms with Crippen molar-refractivity contribution in [3.8, 4) is 11.5 Å². The topological polar surface area (TPSA) is 47.6 Å². The largest absolute Gasteiger partial charge is 0.493 e. The highest BCUT2D eigenvalue weighted by Crippen LogP contribution is 2.25. The number of amides is 1. The van der Waals surface area contributed by atoms with Crippen LogP contribution in [0.2, 0.25) is 0 Å². The average molecular weight is 303 g/mol. The van der Waals surface area contributed by atoms with Gasteiger partial charge in [0.1, 0.15) is 5.82 Å². The van der Waals surface area contributed by atoms with Crippen molar-refractivity contribution < 1.29 is 18.7 Å². The molecule has 5 heteroatoms. The predicted molar refractivity (Wildman–Crippen MR) is 82.9 cm³/mol. The monoisotopic (exact) mass is 303 g/mol. The van der Waals surface area contributed by atoms with E-state index < -0.39 is 5.82 Å². The molecule has 0 aliphatic heterocycles. The maximum atomic E-state index is 13.6. The number of anilines is 1. The van der Waals surface area contributed by atoms with E-state index in [9.17, 15) is 9.18 Å². The lowest BCUT2D eigenvalue weighted by atomic mass is 10.2. The smallest absolute Gasteiger partial charge is 0.227 e. The van der Waals surface area contributed by atoms with Crippen LogP contribution in [-0.4, -0.2) is 19.6 Å². The van der Waals surface area contributed by atoms with Crippen molar-refractivity contribution in [1.82, 2.24) is 0 Å². The molecule has 116 valence electrons. The minimum Gasteiger partial charge on any atom is -0.493 e. The van der Waals surface area contributed by atoms with Crippen molar-refractivity contribution in [2.75, 3.05) is 19.0 Å². The van der Waals surface area contributed by atoms with Crippen LogP contribution in [0, 0.1) is 12.7 Å². The molecule has 0 saturated heterocycles. The fourth-order valence-corrected chi connectivity index (χ4v) is 1.94. The molecule has 0 radical (unpaired) electrons. The molecule has 22 heavy (non-hydrogen) atoms. The van der Waals surface area contributed by atoms with Crippen molar-refractivity contribution in [2.24, 2.45) is 0 Å². The molecule has 1 N–H and O–H groups in total. The van der Waals surface area contributed by atoms with Gasteiger partial charge in [-0.15, -0.1) is 0 Å². The predicted octanol–water partition coefficient (Wildman–Crippen LogP) is 3.55. The highest BCUT2D eigenvalue weighted by molar-refractivity contribution is 5.91. The van der Waals surface area contributed by atoms with Gasteiger partial charge in [0.05, 0.1) is 25.8 Å². The first-order valence-corrected chi connectivity index (χ1v) is 6.92. The van der Waals surface area contributed by atoms with Crippen LogP contribution < -0.4 is 14.8 Å². The van der Waals surface area contributed by atoms with E-state index in [-0.39, 0.29) is 24.6 Å². The lowest BCUT2D eigenvalue weighted by Gasteiger charge is -2.11. The number of benzene rings is 2. The van der Waals surface area contributed by atoms with Crippen molar-refractivity contribution in [3.63, 3.8) is 0 Å². The molecule has 0 unspecified atom stereocenters. The summed E-state index contributed by atoms with van der Waals surface area (Å²) < 4.78 is 24.2. The van der Waals surface area contributed by atoms with Crippen LogP contribution in [0.5, 0.6) is 11.5 Å². The summed E-state index contributed by atoms with van der Waals surface area (Å²) in [7, 11) is 1.55. The van der Waals surface area contributed by atoms with Gasteiger partial charge in [-0.25, -0.2) is 4.39 Å². The fourth-order valence-electron chi connectivity index (χ4n) is 1.94. The van der Waals surface area contributed by atoms with Crippen LogP contribution in [0.25, 0.3) is 0 Å². The number of hydrogen-bond donors (Lipinski definition) is 1. The Morgan fingerprint density at radius 2 is 1.91 bits per heavy atom. The number of ether oxygens (including phenoxy) is 2. The molecule has 0 aliphatic rings. The number of hydrogen-bond acceptors (Lipinski definition) is 3. The molecule has 1 amide bonds. The molecule has 0 spiro atoms. The molecule has 0 aromatic heterocycles. The van der Waals surface area contributed by atoms with E-state index >= 15 is 0 Å². The Kier molecular flexibility index (Phi) is 5.36. The number of para-hydroxylation sites is 2. The third-order valence-electron chi connectivity index (χ3n) is 3.05. The first-order chi connectivity index (χ1) is 10.6. The summed E-state index contributed by atoms with van der Waals surface area (Å²) in [6.45, 7) is 2.01. The Bertz CT molecular complexity index is 658. The number of carbonyl (C=O) groups is 1. The van der Waals surface area contributed by atoms with Gasteiger partial charge in [0.15, 0.2) is 11.5 Å². The normalized spacial score (nSPS) is 10.1. The summed E-state index contributed by atoms with van der Waals surface area (Å²) in [4.78, 5) is 11.8. The molecule has 0 atom stereocenters. The van der Waals surface area contributed by atoms with Crippen LogP contribution in [-0.2, 0) is 4.79 Å². The molecule has 0 bridgehead atoms. The SMILES string of the molecule is COc1ccccc1OCCC(=O)Nc1cc(C)ccc1F. The minimum absolute atomic E-state index is 0.116. The lowest BCUT2D eigenvalue weighted by Crippen LogP contribution is -2.16. The summed E-state index contributed by atoms with van der Waals surface area (Å²) >= 11 is 0. The van der Waals surface area contributed by atoms with E-state index in [0.717, 1.165) is 5.56 Å². The zero-order chi connectivity index (χ0) is 15.9. The zero-order valence-corrected chi connectivity index (χ0v) is 12.6. The number of carbonyl (C=O) groups excluding carboxylic acids is 1. The van der Waals surface area contributed by atoms with Crippen molar-refractivity contribution in [3.05, 3.63) is 53.8 Å². The second-order valence-electron chi connectivity index (χ2n) is 4.78. The summed E-state index contributed by atoms with van der Waals surface area (Å²) in [5.74, 6) is 0.413. The third kappa shape index (κ3) is 4.22. The van der Waals surface area contributed by atoms with Crippen LogP contribution in [0.3, 0.4) is 0 Å². The van der Waals surface area contributed by atoms with E-state index in [2.05, 4.69) is 5.32 Å². The lowest BCUT2D eigenvalue weighted by molar-refractivity contribution is -0.116. The molecule has 0 fully saturated rings. The highest BCUT2D eigenvalue weighted by Gasteiger charge is 2.08. The average Bonchev–Trinajstić information content (AvgIpc) is 2.51. The van der Waals surface area contributed by atoms with Crippen LogP contribution in [0.1, 0.15) is 12.0 Å². The van der Waals surface area contributed by atoms with E-state index in [0.29, 0.717) is 11.5 Å². The van der Waals surface area contributed by atoms with Gasteiger partial charge in [-0.3, -0.25) is 4.79 Å². The summed E-state index contributed by atoms with van der Waals surface area (Å²) in [5.41, 5.74) is 1.06. The minimum atomic E-state index is -0.454. The van der Waals surface area contributed by atoms with E-state index in [4.69, 9.17) is 9.47 Å². The Hall–Kier alpha value is -2.56. The zero-order valence-electron chi connectivity index (χ0n) is 12.6. The number of halogens is 1. The van der Waals surface area contributed by atoms with Gasteiger partial charge in [-0.1, -0.05) is 18.2 Å². The van der Waals surface area contributed by atoms with Crippen LogP contribution in [0.4, 0.5) is 10.1 Å². The van der Waals surface area contributed by atoms with Gasteiger partial charge in [0.25, 0.3) is 0 Å². The molecule has 2 rings (SSSR count). The Labute approximate surface area is 128 Å². The van der Waals surface area contributed by atoms with Gasteiger partial charge < -0.3 is 14.8 Å². The molecular formula is C17H18FNO3. The van der Waals surface area contributed by atoms with Gasteiger partial charge in [0.2, 0.25) is 5.91 Å².